The van der Waals surface area contributed by atoms with Crippen LogP contribution in [-0.4, -0.2) is 25.3 Å². The topological polar surface area (TPSA) is 21.3 Å². The molecule has 0 aliphatic carbocycles. The highest BCUT2D eigenvalue weighted by Gasteiger charge is 2.33. The third-order valence-corrected chi connectivity index (χ3v) is 1.65. The molecule has 3 aliphatic rings. The Hall–Kier alpha value is -0.0800. The van der Waals surface area contributed by atoms with Gasteiger partial charge in [0, 0.05) is 19.5 Å². The summed E-state index contributed by atoms with van der Waals surface area (Å²) in [7, 11) is 0. The summed E-state index contributed by atoms with van der Waals surface area (Å²) in [5.74, 6) is 0. The van der Waals surface area contributed by atoms with Crippen LogP contribution in [0.4, 0.5) is 0 Å². The van der Waals surface area contributed by atoms with Crippen LogP contribution in [0, 0.1) is 0 Å². The van der Waals surface area contributed by atoms with Gasteiger partial charge in [-0.15, -0.1) is 0 Å². The highest BCUT2D eigenvalue weighted by atomic mass is 16.5. The Kier molecular flexibility index (Phi) is 0.664. The number of hydrogen-bond acceptors (Lipinski definition) is 2. The molecule has 0 aromatic rings. The average Bonchev–Trinajstić information content (AvgIpc) is 1.67. The molecular weight excluding hydrogens is 90.1 g/mol. The van der Waals surface area contributed by atoms with Crippen molar-refractivity contribution >= 4 is 0 Å². The molecule has 3 fully saturated rings. The lowest BCUT2D eigenvalue weighted by molar-refractivity contribution is -0.143. The molecule has 0 spiro atoms. The zero-order chi connectivity index (χ0) is 4.69. The molecule has 0 amide bonds. The summed E-state index contributed by atoms with van der Waals surface area (Å²) in [6.45, 7) is 2.16. The molecule has 3 saturated heterocycles. The van der Waals surface area contributed by atoms with E-state index >= 15 is 0 Å². The van der Waals surface area contributed by atoms with Gasteiger partial charge in [0.05, 0.1) is 12.2 Å². The molecule has 2 nitrogen and oxygen atoms in total. The summed E-state index contributed by atoms with van der Waals surface area (Å²) in [4.78, 5) is 0. The fourth-order valence-electron chi connectivity index (χ4n) is 1.22. The van der Waals surface area contributed by atoms with Crippen LogP contribution in [0.2, 0.25) is 0 Å². The first-order valence-electron chi connectivity index (χ1n) is 2.81. The van der Waals surface area contributed by atoms with Crippen LogP contribution in [0.3, 0.4) is 0 Å². The zero-order valence-corrected chi connectivity index (χ0v) is 4.18. The third kappa shape index (κ3) is 0.469. The van der Waals surface area contributed by atoms with Gasteiger partial charge in [0.25, 0.3) is 0 Å². The van der Waals surface area contributed by atoms with E-state index in [1.54, 1.807) is 0 Å². The van der Waals surface area contributed by atoms with Gasteiger partial charge in [-0.3, -0.25) is 0 Å². The fourth-order valence-corrected chi connectivity index (χ4v) is 1.22. The van der Waals surface area contributed by atoms with E-state index in [9.17, 15) is 0 Å². The maximum atomic E-state index is 5.31. The van der Waals surface area contributed by atoms with Crippen molar-refractivity contribution < 1.29 is 4.74 Å². The summed E-state index contributed by atoms with van der Waals surface area (Å²) in [6.07, 6.45) is 2.44. The highest BCUT2D eigenvalue weighted by Crippen LogP contribution is 2.22. The number of morpholine rings is 1. The molecule has 2 bridgehead atoms. The Bertz CT molecular complexity index is 64.6. The van der Waals surface area contributed by atoms with Crippen molar-refractivity contribution in [2.75, 3.05) is 13.1 Å². The van der Waals surface area contributed by atoms with E-state index in [1.807, 2.05) is 0 Å². The van der Waals surface area contributed by atoms with Crippen LogP contribution < -0.4 is 5.32 Å². The lowest BCUT2D eigenvalue weighted by Crippen LogP contribution is -2.55. The molecule has 3 aliphatic heterocycles. The maximum Gasteiger partial charge on any atom is 0.0729 e. The van der Waals surface area contributed by atoms with Crippen molar-refractivity contribution in [2.24, 2.45) is 0 Å². The van der Waals surface area contributed by atoms with E-state index in [2.05, 4.69) is 5.32 Å². The van der Waals surface area contributed by atoms with Crippen molar-refractivity contribution in [3.8, 4) is 0 Å². The summed E-state index contributed by atoms with van der Waals surface area (Å²) >= 11 is 0. The first-order valence-corrected chi connectivity index (χ1v) is 2.81. The number of rotatable bonds is 0. The van der Waals surface area contributed by atoms with Crippen LogP contribution in [0.25, 0.3) is 0 Å². The van der Waals surface area contributed by atoms with Gasteiger partial charge < -0.3 is 10.1 Å². The number of fused-ring (bicyclic) bond motifs is 2. The van der Waals surface area contributed by atoms with Crippen molar-refractivity contribution in [1.29, 1.82) is 0 Å². The number of piperidine rings is 1. The molecule has 0 aromatic heterocycles. The average molecular weight is 99.1 g/mol. The zero-order valence-electron chi connectivity index (χ0n) is 4.18. The SMILES string of the molecule is C1NCC2CC1O2. The van der Waals surface area contributed by atoms with Crippen LogP contribution in [-0.2, 0) is 4.74 Å². The molecule has 1 N–H and O–H groups in total. The van der Waals surface area contributed by atoms with Crippen molar-refractivity contribution in [3.05, 3.63) is 0 Å². The molecule has 3 rings (SSSR count). The number of ether oxygens (including phenoxy) is 1. The molecule has 2 heteroatoms. The van der Waals surface area contributed by atoms with Crippen LogP contribution >= 0.6 is 0 Å². The predicted molar refractivity (Wildman–Crippen MR) is 26.1 cm³/mol. The van der Waals surface area contributed by atoms with Crippen molar-refractivity contribution in [1.82, 2.24) is 5.32 Å². The van der Waals surface area contributed by atoms with Crippen molar-refractivity contribution in [3.63, 3.8) is 0 Å². The monoisotopic (exact) mass is 99.1 g/mol. The van der Waals surface area contributed by atoms with Gasteiger partial charge in [0.1, 0.15) is 0 Å². The van der Waals surface area contributed by atoms with E-state index in [4.69, 9.17) is 4.74 Å². The second-order valence-corrected chi connectivity index (χ2v) is 2.27. The smallest absolute Gasteiger partial charge is 0.0729 e. The Labute approximate surface area is 42.9 Å². The van der Waals surface area contributed by atoms with E-state index in [0.717, 1.165) is 13.1 Å². The molecule has 0 saturated carbocycles. The lowest BCUT2D eigenvalue weighted by Gasteiger charge is -2.41. The Morgan fingerprint density at radius 3 is 2.00 bits per heavy atom. The minimum Gasteiger partial charge on any atom is -0.372 e. The van der Waals surface area contributed by atoms with E-state index in [-0.39, 0.29) is 0 Å². The van der Waals surface area contributed by atoms with Gasteiger partial charge in [-0.2, -0.15) is 0 Å². The van der Waals surface area contributed by atoms with Gasteiger partial charge in [0.2, 0.25) is 0 Å². The Balaban J connectivity index is 1.99. The van der Waals surface area contributed by atoms with Gasteiger partial charge >= 0.3 is 0 Å². The fraction of sp³-hybridized carbons (Fsp3) is 1.00. The second-order valence-electron chi connectivity index (χ2n) is 2.27. The second kappa shape index (κ2) is 1.20. The maximum absolute atomic E-state index is 5.31. The van der Waals surface area contributed by atoms with Crippen LogP contribution in [0.5, 0.6) is 0 Å². The Morgan fingerprint density at radius 2 is 1.86 bits per heavy atom. The molecule has 7 heavy (non-hydrogen) atoms. The van der Waals surface area contributed by atoms with Gasteiger partial charge in [0.15, 0.2) is 0 Å². The van der Waals surface area contributed by atoms with Gasteiger partial charge in [-0.25, -0.2) is 0 Å². The molecule has 2 unspecified atom stereocenters. The molecule has 2 atom stereocenters. The van der Waals surface area contributed by atoms with E-state index in [1.165, 1.54) is 6.42 Å². The van der Waals surface area contributed by atoms with Gasteiger partial charge in [-0.05, 0) is 0 Å². The summed E-state index contributed by atoms with van der Waals surface area (Å²) in [5.41, 5.74) is 0. The summed E-state index contributed by atoms with van der Waals surface area (Å²) < 4.78 is 5.31. The summed E-state index contributed by atoms with van der Waals surface area (Å²) in [6, 6.07) is 0. The van der Waals surface area contributed by atoms with Crippen LogP contribution in [0.15, 0.2) is 0 Å². The Morgan fingerprint density at radius 1 is 1.29 bits per heavy atom. The molecule has 3 heterocycles. The molecule has 0 radical (unpaired) electrons. The lowest BCUT2D eigenvalue weighted by atomic mass is 10.0. The first-order chi connectivity index (χ1) is 3.45. The molecular formula is C5H9NO. The molecule has 40 valence electrons. The van der Waals surface area contributed by atoms with Gasteiger partial charge in [-0.1, -0.05) is 0 Å². The third-order valence-electron chi connectivity index (χ3n) is 1.65. The molecule has 0 aromatic carbocycles. The largest absolute Gasteiger partial charge is 0.372 e. The van der Waals surface area contributed by atoms with E-state index in [0.29, 0.717) is 12.2 Å². The predicted octanol–water partition coefficient (Wildman–Crippen LogP) is -0.253. The minimum absolute atomic E-state index is 0.568. The number of hydrogen-bond donors (Lipinski definition) is 1. The quantitative estimate of drug-likeness (QED) is 0.452. The normalized spacial score (nSPS) is 48.0. The van der Waals surface area contributed by atoms with Crippen molar-refractivity contribution in [2.45, 2.75) is 18.6 Å². The summed E-state index contributed by atoms with van der Waals surface area (Å²) in [5, 5.41) is 3.26. The van der Waals surface area contributed by atoms with E-state index < -0.39 is 0 Å². The minimum atomic E-state index is 0.568. The standard InChI is InChI=1S/C5H9NO/c1-4-2-6-3-5(1)7-4/h4-6H,1-3H2. The highest BCUT2D eigenvalue weighted by molar-refractivity contribution is 4.86. The first kappa shape index (κ1) is 3.87. The van der Waals surface area contributed by atoms with Crippen LogP contribution in [0.1, 0.15) is 6.42 Å². The number of nitrogens with one attached hydrogen (secondary N) is 1.